The minimum absolute atomic E-state index is 0.0581. The first kappa shape index (κ1) is 15.4. The summed E-state index contributed by atoms with van der Waals surface area (Å²) in [4.78, 5) is 26.4. The van der Waals surface area contributed by atoms with Gasteiger partial charge >= 0.3 is 0 Å². The molecule has 0 radical (unpaired) electrons. The predicted molar refractivity (Wildman–Crippen MR) is 83.1 cm³/mol. The van der Waals surface area contributed by atoms with Gasteiger partial charge in [-0.2, -0.15) is 0 Å². The molecule has 1 aromatic carbocycles. The van der Waals surface area contributed by atoms with Crippen LogP contribution in [0.15, 0.2) is 29.1 Å². The topological polar surface area (TPSA) is 49.9 Å². The van der Waals surface area contributed by atoms with Crippen molar-refractivity contribution in [1.82, 2.24) is 4.98 Å². The summed E-state index contributed by atoms with van der Waals surface area (Å²) < 4.78 is 14.1. The molecule has 2 aromatic rings. The zero-order valence-corrected chi connectivity index (χ0v) is 12.9. The van der Waals surface area contributed by atoms with Crippen molar-refractivity contribution in [3.05, 3.63) is 55.2 Å². The van der Waals surface area contributed by atoms with Crippen molar-refractivity contribution in [2.75, 3.05) is 0 Å². The summed E-state index contributed by atoms with van der Waals surface area (Å²) in [5.74, 6) is -0.413. The molecule has 0 amide bonds. The fourth-order valence-electron chi connectivity index (χ4n) is 1.61. The van der Waals surface area contributed by atoms with Crippen molar-refractivity contribution < 1.29 is 9.18 Å². The number of halogens is 1. The van der Waals surface area contributed by atoms with Gasteiger partial charge in [0.25, 0.3) is 5.56 Å². The van der Waals surface area contributed by atoms with Crippen LogP contribution in [0.5, 0.6) is 0 Å². The number of benzene rings is 1. The Morgan fingerprint density at radius 2 is 2.05 bits per heavy atom. The van der Waals surface area contributed by atoms with Crippen molar-refractivity contribution in [3.63, 3.8) is 0 Å². The number of aromatic nitrogens is 1. The summed E-state index contributed by atoms with van der Waals surface area (Å²) in [7, 11) is 0. The zero-order chi connectivity index (χ0) is 15.6. The van der Waals surface area contributed by atoms with E-state index in [2.05, 4.69) is 4.98 Å². The van der Waals surface area contributed by atoms with Crippen LogP contribution in [0.2, 0.25) is 0 Å². The van der Waals surface area contributed by atoms with E-state index in [0.29, 0.717) is 14.8 Å². The number of hydrogen-bond donors (Lipinski definition) is 1. The lowest BCUT2D eigenvalue weighted by molar-refractivity contribution is -0.119. The molecule has 0 aliphatic rings. The Labute approximate surface area is 125 Å². The van der Waals surface area contributed by atoms with Gasteiger partial charge in [-0.15, -0.1) is 11.3 Å². The first-order valence-corrected chi connectivity index (χ1v) is 7.30. The van der Waals surface area contributed by atoms with E-state index in [0.717, 1.165) is 0 Å². The monoisotopic (exact) mass is 305 g/mol. The number of ketones is 1. The number of H-pyrrole nitrogens is 1. The maximum atomic E-state index is 13.1. The number of carbonyl (C=O) groups excluding carboxylic acids is 1. The molecule has 110 valence electrons. The molecule has 0 spiro atoms. The minimum Gasteiger partial charge on any atom is -0.313 e. The lowest BCUT2D eigenvalue weighted by atomic mass is 9.91. The molecule has 0 bridgehead atoms. The number of Topliss-reactive ketones (excluding diaryl/α,β-unsaturated/α-hetero) is 1. The number of aromatic amines is 1. The summed E-state index contributed by atoms with van der Waals surface area (Å²) in [6.07, 6.45) is 3.04. The molecule has 0 aliphatic carbocycles. The van der Waals surface area contributed by atoms with Crippen molar-refractivity contribution in [2.24, 2.45) is 5.41 Å². The lowest BCUT2D eigenvalue weighted by Crippen LogP contribution is -2.22. The van der Waals surface area contributed by atoms with Crippen molar-refractivity contribution in [3.8, 4) is 0 Å². The Hall–Kier alpha value is -2.01. The molecule has 0 saturated carbocycles. The Balaban J connectivity index is 2.48. The lowest BCUT2D eigenvalue weighted by Gasteiger charge is -2.12. The SMILES string of the molecule is CC(C)(C)C(=O)/C=c1\[nH]c(=O)/c(=C\c2cccc(F)c2)s1. The first-order valence-electron chi connectivity index (χ1n) is 6.48. The third-order valence-electron chi connectivity index (χ3n) is 2.83. The Kier molecular flexibility index (Phi) is 4.23. The van der Waals surface area contributed by atoms with Gasteiger partial charge in [-0.05, 0) is 23.8 Å². The third-order valence-corrected chi connectivity index (χ3v) is 3.79. The van der Waals surface area contributed by atoms with Gasteiger partial charge < -0.3 is 4.98 Å². The van der Waals surface area contributed by atoms with E-state index in [-0.39, 0.29) is 17.2 Å². The van der Waals surface area contributed by atoms with E-state index in [9.17, 15) is 14.0 Å². The number of hydrogen-bond acceptors (Lipinski definition) is 3. The zero-order valence-electron chi connectivity index (χ0n) is 12.1. The summed E-state index contributed by atoms with van der Waals surface area (Å²) in [6, 6.07) is 5.99. The average Bonchev–Trinajstić information content (AvgIpc) is 2.68. The highest BCUT2D eigenvalue weighted by atomic mass is 32.1. The van der Waals surface area contributed by atoms with Crippen LogP contribution in [0.25, 0.3) is 12.2 Å². The van der Waals surface area contributed by atoms with Crippen molar-refractivity contribution in [2.45, 2.75) is 20.8 Å². The van der Waals surface area contributed by atoms with E-state index in [1.54, 1.807) is 18.2 Å². The van der Waals surface area contributed by atoms with Crippen LogP contribution in [0.4, 0.5) is 4.39 Å². The van der Waals surface area contributed by atoms with Gasteiger partial charge in [0.1, 0.15) is 5.82 Å². The standard InChI is InChI=1S/C16H16FNO2S/c1-16(2,3)13(19)9-14-18-15(20)12(21-14)8-10-5-4-6-11(17)7-10/h4-9H,1-3H3,(H,18,20)/b12-8+,14-9+. The maximum absolute atomic E-state index is 13.1. The minimum atomic E-state index is -0.493. The maximum Gasteiger partial charge on any atom is 0.266 e. The van der Waals surface area contributed by atoms with Gasteiger partial charge in [-0.1, -0.05) is 32.9 Å². The van der Waals surface area contributed by atoms with E-state index in [1.165, 1.54) is 29.5 Å². The predicted octanol–water partition coefficient (Wildman–Crippen LogP) is 1.80. The molecular formula is C16H16FNO2S. The molecule has 1 heterocycles. The molecule has 1 N–H and O–H groups in total. The largest absolute Gasteiger partial charge is 0.313 e. The molecule has 5 heteroatoms. The highest BCUT2D eigenvalue weighted by molar-refractivity contribution is 7.07. The summed E-state index contributed by atoms with van der Waals surface area (Å²) in [5.41, 5.74) is -0.166. The third kappa shape index (κ3) is 3.98. The van der Waals surface area contributed by atoms with Gasteiger partial charge in [0.05, 0.1) is 9.20 Å². The van der Waals surface area contributed by atoms with Gasteiger partial charge in [0.15, 0.2) is 5.78 Å². The fourth-order valence-corrected chi connectivity index (χ4v) is 2.49. The van der Waals surface area contributed by atoms with E-state index in [1.807, 2.05) is 20.8 Å². The second-order valence-electron chi connectivity index (χ2n) is 5.74. The number of carbonyl (C=O) groups is 1. The fraction of sp³-hybridized carbons (Fsp3) is 0.250. The smallest absolute Gasteiger partial charge is 0.266 e. The number of rotatable bonds is 2. The second kappa shape index (κ2) is 5.77. The molecule has 1 aromatic heterocycles. The summed E-state index contributed by atoms with van der Waals surface area (Å²) >= 11 is 1.18. The van der Waals surface area contributed by atoms with Crippen molar-refractivity contribution >= 4 is 29.3 Å². The molecule has 0 unspecified atom stereocenters. The van der Waals surface area contributed by atoms with Gasteiger partial charge in [0.2, 0.25) is 0 Å². The van der Waals surface area contributed by atoms with E-state index < -0.39 is 5.41 Å². The number of thiazole rings is 1. The van der Waals surface area contributed by atoms with Crippen molar-refractivity contribution in [1.29, 1.82) is 0 Å². The second-order valence-corrected chi connectivity index (χ2v) is 6.83. The highest BCUT2D eigenvalue weighted by Gasteiger charge is 2.18. The molecule has 3 nitrogen and oxygen atoms in total. The number of nitrogens with one attached hydrogen (secondary N) is 1. The Morgan fingerprint density at radius 1 is 1.33 bits per heavy atom. The van der Waals surface area contributed by atoms with E-state index in [4.69, 9.17) is 0 Å². The first-order chi connectivity index (χ1) is 9.75. The summed E-state index contributed by atoms with van der Waals surface area (Å²) in [6.45, 7) is 5.45. The van der Waals surface area contributed by atoms with Crippen LogP contribution in [-0.4, -0.2) is 10.8 Å². The molecular weight excluding hydrogens is 289 g/mol. The molecule has 0 atom stereocenters. The van der Waals surface area contributed by atoms with Gasteiger partial charge in [-0.25, -0.2) is 4.39 Å². The van der Waals surface area contributed by atoms with Crippen LogP contribution in [-0.2, 0) is 4.79 Å². The van der Waals surface area contributed by atoms with Crippen LogP contribution in [0.3, 0.4) is 0 Å². The van der Waals surface area contributed by atoms with E-state index >= 15 is 0 Å². The molecule has 0 fully saturated rings. The summed E-state index contributed by atoms with van der Waals surface area (Å²) in [5, 5.41) is 0. The van der Waals surface area contributed by atoms with Gasteiger partial charge in [0, 0.05) is 11.5 Å². The molecule has 0 saturated heterocycles. The van der Waals surface area contributed by atoms with Crippen LogP contribution in [0.1, 0.15) is 26.3 Å². The molecule has 21 heavy (non-hydrogen) atoms. The Bertz CT molecular complexity index is 840. The van der Waals surface area contributed by atoms with Crippen LogP contribution < -0.4 is 14.8 Å². The average molecular weight is 305 g/mol. The molecule has 0 aliphatic heterocycles. The quantitative estimate of drug-likeness (QED) is 0.920. The van der Waals surface area contributed by atoms with Crippen LogP contribution >= 0.6 is 11.3 Å². The Morgan fingerprint density at radius 3 is 2.67 bits per heavy atom. The molecule has 2 rings (SSSR count). The normalized spacial score (nSPS) is 13.7. The van der Waals surface area contributed by atoms with Gasteiger partial charge in [-0.3, -0.25) is 9.59 Å². The van der Waals surface area contributed by atoms with Crippen LogP contribution in [0, 0.1) is 11.2 Å². The highest BCUT2D eigenvalue weighted by Crippen LogP contribution is 2.14.